The van der Waals surface area contributed by atoms with Gasteiger partial charge in [-0.3, -0.25) is 4.57 Å². The first kappa shape index (κ1) is 11.7. The van der Waals surface area contributed by atoms with Crippen LogP contribution in [0.3, 0.4) is 0 Å². The van der Waals surface area contributed by atoms with Crippen molar-refractivity contribution in [3.05, 3.63) is 0 Å². The van der Waals surface area contributed by atoms with Gasteiger partial charge in [0.05, 0.1) is 6.10 Å². The van der Waals surface area contributed by atoms with E-state index < -0.39 is 8.69 Å². The van der Waals surface area contributed by atoms with Crippen LogP contribution in [0, 0.1) is 0 Å². The van der Waals surface area contributed by atoms with E-state index in [0.29, 0.717) is 0 Å². The summed E-state index contributed by atoms with van der Waals surface area (Å²) in [6.45, 7) is 3.91. The molecule has 2 radical (unpaired) electrons. The maximum absolute atomic E-state index is 9.76. The van der Waals surface area contributed by atoms with Gasteiger partial charge in [-0.15, -0.1) is 0 Å². The molecule has 8 heavy (non-hydrogen) atoms. The van der Waals surface area contributed by atoms with Crippen LogP contribution in [-0.2, 0) is 9.09 Å². The molecule has 0 amide bonds. The maximum atomic E-state index is 9.76. The number of hydrogen-bond donors (Lipinski definition) is 0. The molecule has 0 aromatic carbocycles. The first-order valence-electron chi connectivity index (χ1n) is 2.40. The predicted molar refractivity (Wildman–Crippen MR) is 37.0 cm³/mol. The summed E-state index contributed by atoms with van der Waals surface area (Å²) in [7, 11) is -1.000. The highest BCUT2D eigenvalue weighted by atomic mass is 31.1. The summed E-state index contributed by atoms with van der Waals surface area (Å²) in [5.41, 5.74) is 0. The first-order chi connectivity index (χ1) is 3.31. The van der Waals surface area contributed by atoms with E-state index in [2.05, 4.69) is 0 Å². The van der Waals surface area contributed by atoms with Crippen LogP contribution in [0.5, 0.6) is 0 Å². The molecule has 0 fully saturated rings. The van der Waals surface area contributed by atoms with Crippen LogP contribution >= 0.6 is 8.69 Å². The third-order valence-electron chi connectivity index (χ3n) is 0.863. The Balaban J connectivity index is 0. The Morgan fingerprint density at radius 2 is 2.25 bits per heavy atom. The van der Waals surface area contributed by atoms with Gasteiger partial charge >= 0.3 is 0 Å². The van der Waals surface area contributed by atoms with Crippen LogP contribution < -0.4 is 0 Å². The molecule has 0 aromatic rings. The molecule has 0 aromatic heterocycles. The largest absolute Gasteiger partial charge is 0.329 e. The quantitative estimate of drug-likeness (QED) is 0.440. The highest BCUT2D eigenvalue weighted by Crippen LogP contribution is 2.03. The standard InChI is InChI=1S/C4H11O2P.Mg/c1-3-4(2)6-7-5;/h4H,3,7H2,1-2H3;. The fourth-order valence-electron chi connectivity index (χ4n) is 0.191. The fraction of sp³-hybridized carbons (Fsp3) is 1.00. The van der Waals surface area contributed by atoms with Gasteiger partial charge < -0.3 is 4.52 Å². The van der Waals surface area contributed by atoms with E-state index in [1.807, 2.05) is 13.8 Å². The summed E-state index contributed by atoms with van der Waals surface area (Å²) in [6.07, 6.45) is 1.11. The average molecular weight is 146 g/mol. The highest BCUT2D eigenvalue weighted by Gasteiger charge is 1.91. The van der Waals surface area contributed by atoms with E-state index in [9.17, 15) is 4.57 Å². The van der Waals surface area contributed by atoms with E-state index in [-0.39, 0.29) is 29.2 Å². The van der Waals surface area contributed by atoms with Gasteiger partial charge in [-0.2, -0.15) is 0 Å². The van der Waals surface area contributed by atoms with Gasteiger partial charge in [0.25, 0.3) is 0 Å². The highest BCUT2D eigenvalue weighted by molar-refractivity contribution is 7.17. The van der Waals surface area contributed by atoms with Crippen molar-refractivity contribution < 1.29 is 9.09 Å². The van der Waals surface area contributed by atoms with Gasteiger partial charge in [0.15, 0.2) is 8.69 Å². The predicted octanol–water partition coefficient (Wildman–Crippen LogP) is 1.09. The lowest BCUT2D eigenvalue weighted by atomic mass is 10.3. The van der Waals surface area contributed by atoms with Crippen molar-refractivity contribution in [3.63, 3.8) is 0 Å². The normalized spacial score (nSPS) is 13.8. The zero-order valence-electron chi connectivity index (χ0n) is 5.39. The molecule has 0 saturated heterocycles. The molecule has 0 heterocycles. The minimum Gasteiger partial charge on any atom is -0.329 e. The third kappa shape index (κ3) is 6.96. The van der Waals surface area contributed by atoms with Crippen LogP contribution in [0.15, 0.2) is 0 Å². The summed E-state index contributed by atoms with van der Waals surface area (Å²) < 4.78 is 14.5. The molecule has 0 spiro atoms. The van der Waals surface area contributed by atoms with Crippen LogP contribution in [0.4, 0.5) is 0 Å². The van der Waals surface area contributed by atoms with Gasteiger partial charge in [0, 0.05) is 23.1 Å². The molecule has 2 nitrogen and oxygen atoms in total. The van der Waals surface area contributed by atoms with E-state index in [1.165, 1.54) is 0 Å². The van der Waals surface area contributed by atoms with Gasteiger partial charge in [-0.25, -0.2) is 0 Å². The second-order valence-electron chi connectivity index (χ2n) is 1.45. The number of rotatable bonds is 3. The monoisotopic (exact) mass is 146 g/mol. The van der Waals surface area contributed by atoms with Crippen molar-refractivity contribution in [1.29, 1.82) is 0 Å². The lowest BCUT2D eigenvalue weighted by molar-refractivity contribution is 0.240. The van der Waals surface area contributed by atoms with Gasteiger partial charge in [0.1, 0.15) is 0 Å². The molecule has 0 aliphatic heterocycles. The second-order valence-corrected chi connectivity index (χ2v) is 1.92. The van der Waals surface area contributed by atoms with Crippen molar-refractivity contribution in [2.24, 2.45) is 0 Å². The van der Waals surface area contributed by atoms with Crippen molar-refractivity contribution in [2.75, 3.05) is 0 Å². The Morgan fingerprint density at radius 1 is 1.75 bits per heavy atom. The zero-order chi connectivity index (χ0) is 5.70. The van der Waals surface area contributed by atoms with Crippen LogP contribution in [0.1, 0.15) is 20.3 Å². The topological polar surface area (TPSA) is 26.3 Å². The molecule has 0 saturated carbocycles. The van der Waals surface area contributed by atoms with E-state index >= 15 is 0 Å². The molecular formula is C4H11MgO2P. The molecule has 0 aliphatic carbocycles. The molecule has 2 atom stereocenters. The van der Waals surface area contributed by atoms with E-state index in [1.54, 1.807) is 0 Å². The third-order valence-corrected chi connectivity index (χ3v) is 1.44. The van der Waals surface area contributed by atoms with Crippen molar-refractivity contribution in [1.82, 2.24) is 0 Å². The van der Waals surface area contributed by atoms with Crippen molar-refractivity contribution in [2.45, 2.75) is 26.4 Å². The Bertz CT molecular complexity index is 60.0. The SMILES string of the molecule is CCC(C)O[PH2]=O.[Mg]. The molecule has 46 valence electrons. The van der Waals surface area contributed by atoms with E-state index in [0.717, 1.165) is 6.42 Å². The Labute approximate surface area is 67.4 Å². The lowest BCUT2D eigenvalue weighted by Gasteiger charge is -2.00. The summed E-state index contributed by atoms with van der Waals surface area (Å²) >= 11 is 0. The summed E-state index contributed by atoms with van der Waals surface area (Å²) in [5, 5.41) is 0. The molecule has 0 bridgehead atoms. The van der Waals surface area contributed by atoms with Gasteiger partial charge in [0.2, 0.25) is 0 Å². The zero-order valence-corrected chi connectivity index (χ0v) is 7.95. The van der Waals surface area contributed by atoms with Gasteiger partial charge in [-0.1, -0.05) is 6.92 Å². The van der Waals surface area contributed by atoms with Crippen molar-refractivity contribution >= 4 is 31.7 Å². The first-order valence-corrected chi connectivity index (χ1v) is 3.34. The van der Waals surface area contributed by atoms with E-state index in [4.69, 9.17) is 4.52 Å². The smallest absolute Gasteiger partial charge is 0.180 e. The minimum atomic E-state index is -1.000. The summed E-state index contributed by atoms with van der Waals surface area (Å²) in [5.74, 6) is 0. The molecule has 0 aliphatic rings. The molecule has 0 N–H and O–H groups in total. The molecule has 4 heteroatoms. The maximum Gasteiger partial charge on any atom is 0.180 e. The Morgan fingerprint density at radius 3 is 2.38 bits per heavy atom. The fourth-order valence-corrected chi connectivity index (χ4v) is 0.573. The van der Waals surface area contributed by atoms with Gasteiger partial charge in [-0.05, 0) is 13.3 Å². The molecular weight excluding hydrogens is 135 g/mol. The minimum absolute atomic E-state index is 0. The van der Waals surface area contributed by atoms with Crippen molar-refractivity contribution in [3.8, 4) is 0 Å². The summed E-state index contributed by atoms with van der Waals surface area (Å²) in [6, 6.07) is 0. The summed E-state index contributed by atoms with van der Waals surface area (Å²) in [4.78, 5) is 0. The number of hydrogen-bond acceptors (Lipinski definition) is 2. The Kier molecular flexibility index (Phi) is 11.7. The lowest BCUT2D eigenvalue weighted by Crippen LogP contribution is -1.96. The van der Waals surface area contributed by atoms with Crippen LogP contribution in [-0.4, -0.2) is 29.2 Å². The average Bonchev–Trinajstić information content (AvgIpc) is 1.68. The van der Waals surface area contributed by atoms with Crippen LogP contribution in [0.25, 0.3) is 0 Å². The Hall–Kier alpha value is 0.956. The second kappa shape index (κ2) is 7.96. The molecule has 0 rings (SSSR count). The molecule has 2 unspecified atom stereocenters. The van der Waals surface area contributed by atoms with Crippen LogP contribution in [0.2, 0.25) is 0 Å².